The quantitative estimate of drug-likeness (QED) is 0.588. The van der Waals surface area contributed by atoms with E-state index in [-0.39, 0.29) is 27.1 Å². The first-order valence-electron chi connectivity index (χ1n) is 5.67. The number of nitrogens with zero attached hydrogens (tertiary/aromatic N) is 2. The van der Waals surface area contributed by atoms with Crippen LogP contribution in [0.1, 0.15) is 6.92 Å². The lowest BCUT2D eigenvalue weighted by Gasteiger charge is -2.11. The summed E-state index contributed by atoms with van der Waals surface area (Å²) < 4.78 is 26.2. The number of hydrogen-bond acceptors (Lipinski definition) is 5. The summed E-state index contributed by atoms with van der Waals surface area (Å²) in [5, 5.41) is 28.3. The molecule has 8 heteroatoms. The molecule has 0 saturated carbocycles. The van der Waals surface area contributed by atoms with Gasteiger partial charge in [0.2, 0.25) is 21.2 Å². The van der Waals surface area contributed by atoms with Gasteiger partial charge in [-0.2, -0.15) is 4.72 Å². The fourth-order valence-electron chi connectivity index (χ4n) is 1.90. The van der Waals surface area contributed by atoms with E-state index in [1.165, 1.54) is 37.3 Å². The Hall–Kier alpha value is -2.21. The summed E-state index contributed by atoms with van der Waals surface area (Å²) in [6.45, 7) is 1.28. The van der Waals surface area contributed by atoms with Gasteiger partial charge in [0.05, 0.1) is 4.90 Å². The third-order valence-electron chi connectivity index (χ3n) is 2.69. The molecule has 1 unspecified atom stereocenters. The molecule has 1 atom stereocenters. The highest BCUT2D eigenvalue weighted by atomic mass is 32.2. The lowest BCUT2D eigenvalue weighted by Crippen LogP contribution is -2.32. The van der Waals surface area contributed by atoms with Crippen LogP contribution in [0.4, 0.5) is 5.69 Å². The van der Waals surface area contributed by atoms with Crippen molar-refractivity contribution in [3.05, 3.63) is 35.3 Å². The average molecular weight is 294 g/mol. The van der Waals surface area contributed by atoms with E-state index in [1.54, 1.807) is 0 Å². The van der Waals surface area contributed by atoms with Crippen LogP contribution in [0.3, 0.4) is 0 Å². The van der Waals surface area contributed by atoms with Gasteiger partial charge in [0, 0.05) is 16.8 Å². The Bertz CT molecular complexity index is 809. The maximum Gasteiger partial charge on any atom is 0.426 e. The zero-order valence-electron chi connectivity index (χ0n) is 10.5. The topological polar surface area (TPSA) is 115 Å². The monoisotopic (exact) mass is 294 g/mol. The predicted octanol–water partition coefficient (Wildman–Crippen LogP) is 1.65. The van der Waals surface area contributed by atoms with E-state index in [2.05, 4.69) is 4.98 Å². The molecule has 0 bridgehead atoms. The van der Waals surface area contributed by atoms with Crippen LogP contribution >= 0.6 is 0 Å². The van der Waals surface area contributed by atoms with Crippen molar-refractivity contribution >= 4 is 26.5 Å². The van der Waals surface area contributed by atoms with Gasteiger partial charge in [0.1, 0.15) is 6.23 Å². The Kier molecular flexibility index (Phi) is 3.59. The van der Waals surface area contributed by atoms with Crippen LogP contribution in [0.2, 0.25) is 0 Å². The number of diazo groups is 1. The summed E-state index contributed by atoms with van der Waals surface area (Å²) in [4.78, 5) is 2.82. The van der Waals surface area contributed by atoms with Gasteiger partial charge in [0.15, 0.2) is 4.98 Å². The van der Waals surface area contributed by atoms with E-state index in [0.29, 0.717) is 0 Å². The van der Waals surface area contributed by atoms with E-state index in [0.717, 1.165) is 0 Å². The number of fused-ring (bicyclic) bond motifs is 1. The Morgan fingerprint density at radius 2 is 1.95 bits per heavy atom. The summed E-state index contributed by atoms with van der Waals surface area (Å²) in [5.74, 6) is -0.320. The second-order valence-electron chi connectivity index (χ2n) is 4.18. The second kappa shape index (κ2) is 5.05. The zero-order chi connectivity index (χ0) is 14.9. The molecule has 0 radical (unpaired) electrons. The van der Waals surface area contributed by atoms with Gasteiger partial charge in [-0.3, -0.25) is 0 Å². The Morgan fingerprint density at radius 3 is 2.55 bits per heavy atom. The van der Waals surface area contributed by atoms with Crippen LogP contribution in [0, 0.1) is 5.39 Å². The van der Waals surface area contributed by atoms with Gasteiger partial charge in [-0.15, -0.1) is 0 Å². The molecular formula is C12H12N3O4S+. The van der Waals surface area contributed by atoms with Crippen molar-refractivity contribution in [2.45, 2.75) is 18.0 Å². The van der Waals surface area contributed by atoms with Crippen LogP contribution in [0.15, 0.2) is 35.2 Å². The molecule has 0 saturated heterocycles. The molecular weight excluding hydrogens is 282 g/mol. The minimum atomic E-state index is -3.93. The Balaban J connectivity index is 2.75. The lowest BCUT2D eigenvalue weighted by atomic mass is 10.1. The summed E-state index contributed by atoms with van der Waals surface area (Å²) in [6, 6.07) is 7.00. The van der Waals surface area contributed by atoms with E-state index in [1.807, 2.05) is 4.72 Å². The van der Waals surface area contributed by atoms with Crippen molar-refractivity contribution in [3.63, 3.8) is 0 Å². The SMILES string of the molecule is CC(O)NS(=O)(=O)c1cccc2c(O)c([N+]#N)ccc12. The first-order valence-corrected chi connectivity index (χ1v) is 7.15. The van der Waals surface area contributed by atoms with Crippen LogP contribution < -0.4 is 4.72 Å². The predicted molar refractivity (Wildman–Crippen MR) is 72.4 cm³/mol. The van der Waals surface area contributed by atoms with E-state index >= 15 is 0 Å². The molecule has 2 aromatic carbocycles. The summed E-state index contributed by atoms with van der Waals surface area (Å²) in [7, 11) is -3.93. The molecule has 2 aromatic rings. The standard InChI is InChI=1S/C12H11N3O4S/c1-7(16)15-20(18,19)11-4-2-3-9-8(11)5-6-10(14-13)12(9)17/h2-7,15-16H,1H3/p+1. The fourth-order valence-corrected chi connectivity index (χ4v) is 3.21. The molecule has 0 aliphatic heterocycles. The molecule has 0 aromatic heterocycles. The van der Waals surface area contributed by atoms with Crippen molar-refractivity contribution in [2.75, 3.05) is 0 Å². The maximum atomic E-state index is 12.1. The Labute approximate surface area is 115 Å². The molecule has 2 rings (SSSR count). The number of sulfonamides is 1. The van der Waals surface area contributed by atoms with E-state index in [4.69, 9.17) is 5.39 Å². The number of rotatable bonds is 3. The smallest absolute Gasteiger partial charge is 0.426 e. The Morgan fingerprint density at radius 1 is 1.25 bits per heavy atom. The first-order chi connectivity index (χ1) is 9.36. The minimum Gasteiger partial charge on any atom is -0.501 e. The highest BCUT2D eigenvalue weighted by molar-refractivity contribution is 7.89. The van der Waals surface area contributed by atoms with Gasteiger partial charge in [-0.05, 0) is 19.1 Å². The summed E-state index contributed by atoms with van der Waals surface area (Å²) in [6.07, 6.45) is -1.24. The van der Waals surface area contributed by atoms with Crippen molar-refractivity contribution < 1.29 is 18.6 Å². The van der Waals surface area contributed by atoms with Crippen molar-refractivity contribution in [2.24, 2.45) is 0 Å². The van der Waals surface area contributed by atoms with Gasteiger partial charge in [0.25, 0.3) is 0 Å². The molecule has 104 valence electrons. The highest BCUT2D eigenvalue weighted by Gasteiger charge is 2.23. The molecule has 3 N–H and O–H groups in total. The first kappa shape index (κ1) is 14.2. The van der Waals surface area contributed by atoms with E-state index in [9.17, 15) is 18.6 Å². The van der Waals surface area contributed by atoms with Gasteiger partial charge >= 0.3 is 5.69 Å². The number of hydrogen-bond donors (Lipinski definition) is 3. The van der Waals surface area contributed by atoms with E-state index < -0.39 is 16.3 Å². The van der Waals surface area contributed by atoms with Crippen molar-refractivity contribution in [3.8, 4) is 5.75 Å². The number of aromatic hydroxyl groups is 1. The highest BCUT2D eigenvalue weighted by Crippen LogP contribution is 2.36. The van der Waals surface area contributed by atoms with Crippen LogP contribution in [0.5, 0.6) is 5.75 Å². The fraction of sp³-hybridized carbons (Fsp3) is 0.167. The van der Waals surface area contributed by atoms with Gasteiger partial charge in [-0.25, -0.2) is 8.42 Å². The maximum absolute atomic E-state index is 12.1. The molecule has 0 aliphatic rings. The number of phenols is 1. The summed E-state index contributed by atoms with van der Waals surface area (Å²) in [5.41, 5.74) is -0.0597. The minimum absolute atomic E-state index is 0.0597. The van der Waals surface area contributed by atoms with Gasteiger partial charge in [-0.1, -0.05) is 12.1 Å². The molecule has 20 heavy (non-hydrogen) atoms. The largest absolute Gasteiger partial charge is 0.501 e. The van der Waals surface area contributed by atoms with Crippen molar-refractivity contribution in [1.82, 2.24) is 4.72 Å². The normalized spacial score (nSPS) is 13.1. The second-order valence-corrected chi connectivity index (χ2v) is 5.86. The molecule has 0 spiro atoms. The zero-order valence-corrected chi connectivity index (χ0v) is 11.3. The van der Waals surface area contributed by atoms with Crippen LogP contribution in [0.25, 0.3) is 15.7 Å². The molecule has 0 amide bonds. The van der Waals surface area contributed by atoms with Crippen molar-refractivity contribution in [1.29, 1.82) is 5.39 Å². The molecule has 0 fully saturated rings. The molecule has 0 aliphatic carbocycles. The van der Waals surface area contributed by atoms with Crippen LogP contribution in [-0.4, -0.2) is 24.9 Å². The molecule has 7 nitrogen and oxygen atoms in total. The lowest BCUT2D eigenvalue weighted by molar-refractivity contribution is 0.184. The number of aliphatic hydroxyl groups is 1. The summed E-state index contributed by atoms with van der Waals surface area (Å²) >= 11 is 0. The third-order valence-corrected chi connectivity index (χ3v) is 4.28. The third kappa shape index (κ3) is 2.42. The number of aliphatic hydroxyl groups excluding tert-OH is 1. The number of phenolic OH excluding ortho intramolecular Hbond substituents is 1. The van der Waals surface area contributed by atoms with Crippen LogP contribution in [-0.2, 0) is 10.0 Å². The number of benzene rings is 2. The average Bonchev–Trinajstić information content (AvgIpc) is 2.37. The molecule has 0 heterocycles. The number of nitrogens with one attached hydrogen (secondary N) is 1. The van der Waals surface area contributed by atoms with Gasteiger partial charge < -0.3 is 10.2 Å².